The Balaban J connectivity index is 2.60. The fourth-order valence-electron chi connectivity index (χ4n) is 3.16. The van der Waals surface area contributed by atoms with Crippen LogP contribution in [-0.2, 0) is 4.79 Å². The van der Waals surface area contributed by atoms with Gasteiger partial charge in [-0.2, -0.15) is 0 Å². The normalized spacial score (nSPS) is 30.6. The van der Waals surface area contributed by atoms with Crippen molar-refractivity contribution >= 4 is 5.91 Å². The molecular formula is C13H26N2O. The summed E-state index contributed by atoms with van der Waals surface area (Å²) in [4.78, 5) is 11.1. The lowest BCUT2D eigenvalue weighted by molar-refractivity contribution is -0.120. The molecule has 2 unspecified atom stereocenters. The molecule has 0 aromatic carbocycles. The third-order valence-electron chi connectivity index (χ3n) is 3.79. The van der Waals surface area contributed by atoms with Crippen LogP contribution in [0.15, 0.2) is 0 Å². The van der Waals surface area contributed by atoms with E-state index in [1.54, 1.807) is 0 Å². The monoisotopic (exact) mass is 226 g/mol. The molecule has 3 heteroatoms. The lowest BCUT2D eigenvalue weighted by atomic mass is 9.71. The number of primary amides is 1. The number of hydrogen-bond acceptors (Lipinski definition) is 2. The smallest absolute Gasteiger partial charge is 0.219 e. The molecule has 3 nitrogen and oxygen atoms in total. The molecule has 1 amide bonds. The highest BCUT2D eigenvalue weighted by Crippen LogP contribution is 2.37. The van der Waals surface area contributed by atoms with Gasteiger partial charge in [0.25, 0.3) is 0 Å². The minimum atomic E-state index is -0.181. The minimum absolute atomic E-state index is 0.0242. The van der Waals surface area contributed by atoms with E-state index in [9.17, 15) is 4.79 Å². The van der Waals surface area contributed by atoms with Crippen LogP contribution in [0.1, 0.15) is 52.4 Å². The van der Waals surface area contributed by atoms with E-state index in [0.717, 1.165) is 24.7 Å². The Bertz CT molecular complexity index is 240. The van der Waals surface area contributed by atoms with Crippen molar-refractivity contribution in [2.45, 2.75) is 57.9 Å². The summed E-state index contributed by atoms with van der Waals surface area (Å²) >= 11 is 0. The van der Waals surface area contributed by atoms with Crippen molar-refractivity contribution in [3.8, 4) is 0 Å². The zero-order valence-electron chi connectivity index (χ0n) is 10.9. The first kappa shape index (κ1) is 13.5. The highest BCUT2D eigenvalue weighted by molar-refractivity contribution is 5.75. The third-order valence-corrected chi connectivity index (χ3v) is 3.79. The van der Waals surface area contributed by atoms with Crippen molar-refractivity contribution in [1.29, 1.82) is 0 Å². The van der Waals surface area contributed by atoms with Crippen LogP contribution >= 0.6 is 0 Å². The standard InChI is InChI=1S/C13H26N2O/c1-10(2)7-11-5-4-6-13(8-11,15-3)9-12(14)16/h10-11,15H,4-9H2,1-3H3,(H2,14,16). The fraction of sp³-hybridized carbons (Fsp3) is 0.923. The highest BCUT2D eigenvalue weighted by atomic mass is 16.1. The molecule has 1 aliphatic carbocycles. The summed E-state index contributed by atoms with van der Waals surface area (Å²) in [6.07, 6.45) is 6.46. The molecule has 0 radical (unpaired) electrons. The second-order valence-electron chi connectivity index (χ2n) is 5.77. The van der Waals surface area contributed by atoms with E-state index >= 15 is 0 Å². The van der Waals surface area contributed by atoms with Crippen molar-refractivity contribution in [3.05, 3.63) is 0 Å². The van der Waals surface area contributed by atoms with Crippen LogP contribution in [0.2, 0.25) is 0 Å². The Morgan fingerprint density at radius 3 is 2.75 bits per heavy atom. The number of rotatable bonds is 5. The molecule has 0 spiro atoms. The quantitative estimate of drug-likeness (QED) is 0.754. The first-order valence-corrected chi connectivity index (χ1v) is 6.44. The Kier molecular flexibility index (Phi) is 4.78. The predicted molar refractivity (Wildman–Crippen MR) is 67.0 cm³/mol. The molecule has 16 heavy (non-hydrogen) atoms. The van der Waals surface area contributed by atoms with Crippen LogP contribution < -0.4 is 11.1 Å². The zero-order chi connectivity index (χ0) is 12.2. The van der Waals surface area contributed by atoms with E-state index in [0.29, 0.717) is 6.42 Å². The highest BCUT2D eigenvalue weighted by Gasteiger charge is 2.36. The summed E-state index contributed by atoms with van der Waals surface area (Å²) in [5.74, 6) is 1.31. The maximum Gasteiger partial charge on any atom is 0.219 e. The van der Waals surface area contributed by atoms with Gasteiger partial charge in [-0.1, -0.05) is 26.7 Å². The van der Waals surface area contributed by atoms with Gasteiger partial charge in [0.2, 0.25) is 5.91 Å². The summed E-state index contributed by atoms with van der Waals surface area (Å²) in [7, 11) is 1.96. The molecule has 94 valence electrons. The number of nitrogens with two attached hydrogens (primary N) is 1. The molecule has 0 saturated heterocycles. The topological polar surface area (TPSA) is 55.1 Å². The SMILES string of the molecule is CNC1(CC(N)=O)CCCC(CC(C)C)C1. The Hall–Kier alpha value is -0.570. The van der Waals surface area contributed by atoms with E-state index in [1.165, 1.54) is 19.3 Å². The van der Waals surface area contributed by atoms with E-state index in [1.807, 2.05) is 7.05 Å². The molecule has 0 aromatic rings. The van der Waals surface area contributed by atoms with E-state index in [4.69, 9.17) is 5.73 Å². The van der Waals surface area contributed by atoms with Gasteiger partial charge in [0.1, 0.15) is 0 Å². The van der Waals surface area contributed by atoms with Gasteiger partial charge in [0.05, 0.1) is 0 Å². The van der Waals surface area contributed by atoms with E-state index < -0.39 is 0 Å². The van der Waals surface area contributed by atoms with Crippen LogP contribution in [0.3, 0.4) is 0 Å². The van der Waals surface area contributed by atoms with Crippen molar-refractivity contribution in [2.75, 3.05) is 7.05 Å². The maximum absolute atomic E-state index is 11.1. The minimum Gasteiger partial charge on any atom is -0.370 e. The van der Waals surface area contributed by atoms with Gasteiger partial charge in [0.15, 0.2) is 0 Å². The number of carbonyl (C=O) groups excluding carboxylic acids is 1. The number of carbonyl (C=O) groups is 1. The van der Waals surface area contributed by atoms with Gasteiger partial charge in [0, 0.05) is 12.0 Å². The van der Waals surface area contributed by atoms with Crippen LogP contribution in [0.4, 0.5) is 0 Å². The summed E-state index contributed by atoms with van der Waals surface area (Å²) < 4.78 is 0. The van der Waals surface area contributed by atoms with Gasteiger partial charge < -0.3 is 11.1 Å². The first-order valence-electron chi connectivity index (χ1n) is 6.44. The molecule has 1 fully saturated rings. The van der Waals surface area contributed by atoms with Crippen LogP contribution in [0.25, 0.3) is 0 Å². The predicted octanol–water partition coefficient (Wildman–Crippen LogP) is 2.06. The lowest BCUT2D eigenvalue weighted by Gasteiger charge is -2.41. The van der Waals surface area contributed by atoms with Gasteiger partial charge in [-0.05, 0) is 38.1 Å². The van der Waals surface area contributed by atoms with Crippen molar-refractivity contribution in [3.63, 3.8) is 0 Å². The molecule has 0 aromatic heterocycles. The number of nitrogens with one attached hydrogen (secondary N) is 1. The Morgan fingerprint density at radius 1 is 1.56 bits per heavy atom. The van der Waals surface area contributed by atoms with Gasteiger partial charge in [-0.15, -0.1) is 0 Å². The molecule has 0 bridgehead atoms. The lowest BCUT2D eigenvalue weighted by Crippen LogP contribution is -2.49. The summed E-state index contributed by atoms with van der Waals surface area (Å²) in [5, 5.41) is 3.35. The first-order chi connectivity index (χ1) is 7.47. The Labute approximate surface area is 99.2 Å². The van der Waals surface area contributed by atoms with Gasteiger partial charge in [-0.3, -0.25) is 4.79 Å². The van der Waals surface area contributed by atoms with Crippen molar-refractivity contribution in [2.24, 2.45) is 17.6 Å². The molecule has 0 heterocycles. The van der Waals surface area contributed by atoms with Crippen LogP contribution in [0, 0.1) is 11.8 Å². The summed E-state index contributed by atoms with van der Waals surface area (Å²) in [6.45, 7) is 4.54. The summed E-state index contributed by atoms with van der Waals surface area (Å²) in [5.41, 5.74) is 5.33. The van der Waals surface area contributed by atoms with Gasteiger partial charge in [-0.25, -0.2) is 0 Å². The van der Waals surface area contributed by atoms with Crippen molar-refractivity contribution < 1.29 is 4.79 Å². The molecule has 3 N–H and O–H groups in total. The molecule has 1 aliphatic rings. The fourth-order valence-corrected chi connectivity index (χ4v) is 3.16. The molecule has 1 saturated carbocycles. The van der Waals surface area contributed by atoms with Crippen LogP contribution in [-0.4, -0.2) is 18.5 Å². The number of amides is 1. The third kappa shape index (κ3) is 3.78. The van der Waals surface area contributed by atoms with Crippen molar-refractivity contribution in [1.82, 2.24) is 5.32 Å². The second kappa shape index (κ2) is 5.67. The molecule has 0 aliphatic heterocycles. The average Bonchev–Trinajstić information content (AvgIpc) is 2.16. The summed E-state index contributed by atoms with van der Waals surface area (Å²) in [6, 6.07) is 0. The number of hydrogen-bond donors (Lipinski definition) is 2. The van der Waals surface area contributed by atoms with Gasteiger partial charge >= 0.3 is 0 Å². The average molecular weight is 226 g/mol. The van der Waals surface area contributed by atoms with Crippen LogP contribution in [0.5, 0.6) is 0 Å². The molecule has 2 atom stereocenters. The molecular weight excluding hydrogens is 200 g/mol. The molecule has 1 rings (SSSR count). The Morgan fingerprint density at radius 2 is 2.25 bits per heavy atom. The largest absolute Gasteiger partial charge is 0.370 e. The van der Waals surface area contributed by atoms with E-state index in [2.05, 4.69) is 19.2 Å². The second-order valence-corrected chi connectivity index (χ2v) is 5.77. The van der Waals surface area contributed by atoms with E-state index in [-0.39, 0.29) is 11.4 Å². The zero-order valence-corrected chi connectivity index (χ0v) is 10.9. The maximum atomic E-state index is 11.1.